The summed E-state index contributed by atoms with van der Waals surface area (Å²) in [6, 6.07) is 5.46. The van der Waals surface area contributed by atoms with Crippen molar-refractivity contribution in [2.45, 2.75) is 25.5 Å². The predicted molar refractivity (Wildman–Crippen MR) is 77.8 cm³/mol. The van der Waals surface area contributed by atoms with Gasteiger partial charge in [-0.2, -0.15) is 0 Å². The van der Waals surface area contributed by atoms with Crippen LogP contribution in [0.1, 0.15) is 18.9 Å². The number of amides is 1. The van der Waals surface area contributed by atoms with Crippen LogP contribution in [0.25, 0.3) is 0 Å². The van der Waals surface area contributed by atoms with Crippen molar-refractivity contribution in [2.75, 3.05) is 23.4 Å². The number of hydrogen-bond acceptors (Lipinski definition) is 4. The number of nitrogen functional groups attached to an aromatic ring is 1. The summed E-state index contributed by atoms with van der Waals surface area (Å²) in [5, 5.41) is 11.4. The number of thioether (sulfide) groups is 1. The summed E-state index contributed by atoms with van der Waals surface area (Å²) < 4.78 is 0. The van der Waals surface area contributed by atoms with Gasteiger partial charge in [-0.05, 0) is 43.7 Å². The second-order valence-electron chi connectivity index (χ2n) is 4.15. The summed E-state index contributed by atoms with van der Waals surface area (Å²) in [7, 11) is 0. The highest BCUT2D eigenvalue weighted by Crippen LogP contribution is 2.20. The number of nitrogens with two attached hydrogens (primary N) is 1. The molecule has 4 N–H and O–H groups in total. The second kappa shape index (κ2) is 7.28. The van der Waals surface area contributed by atoms with Crippen molar-refractivity contribution in [3.05, 3.63) is 23.8 Å². The molecule has 1 rings (SSSR count). The molecule has 0 fully saturated rings. The summed E-state index contributed by atoms with van der Waals surface area (Å²) in [4.78, 5) is 11.9. The van der Waals surface area contributed by atoms with Crippen molar-refractivity contribution in [1.29, 1.82) is 0 Å². The quantitative estimate of drug-likeness (QED) is 0.545. The molecule has 0 spiro atoms. The fraction of sp³-hybridized carbons (Fsp3) is 0.462. The maximum atomic E-state index is 11.9. The summed E-state index contributed by atoms with van der Waals surface area (Å²) in [5.41, 5.74) is 8.08. The van der Waals surface area contributed by atoms with Gasteiger partial charge >= 0.3 is 0 Å². The van der Waals surface area contributed by atoms with Gasteiger partial charge in [0.1, 0.15) is 0 Å². The highest BCUT2D eigenvalue weighted by atomic mass is 32.2. The van der Waals surface area contributed by atoms with E-state index in [4.69, 9.17) is 10.8 Å². The normalized spacial score (nSPS) is 12.2. The molecule has 1 aromatic carbocycles. The molecule has 0 aliphatic rings. The summed E-state index contributed by atoms with van der Waals surface area (Å²) in [6.45, 7) is 3.95. The Kier molecular flexibility index (Phi) is 6.01. The smallest absolute Gasteiger partial charge is 0.237 e. The van der Waals surface area contributed by atoms with Crippen LogP contribution in [0.15, 0.2) is 18.2 Å². The number of benzene rings is 1. The van der Waals surface area contributed by atoms with Gasteiger partial charge in [-0.1, -0.05) is 6.07 Å². The van der Waals surface area contributed by atoms with Crippen LogP contribution < -0.4 is 11.1 Å². The van der Waals surface area contributed by atoms with E-state index in [1.165, 1.54) is 11.8 Å². The first-order valence-electron chi connectivity index (χ1n) is 5.94. The van der Waals surface area contributed by atoms with Crippen LogP contribution >= 0.6 is 11.8 Å². The number of hydrogen-bond donors (Lipinski definition) is 3. The van der Waals surface area contributed by atoms with Crippen LogP contribution in [0.3, 0.4) is 0 Å². The maximum Gasteiger partial charge on any atom is 0.237 e. The Morgan fingerprint density at radius 1 is 1.56 bits per heavy atom. The maximum absolute atomic E-state index is 11.9. The third kappa shape index (κ3) is 4.58. The fourth-order valence-electron chi connectivity index (χ4n) is 1.41. The van der Waals surface area contributed by atoms with Gasteiger partial charge in [-0.3, -0.25) is 4.79 Å². The van der Waals surface area contributed by atoms with Gasteiger partial charge < -0.3 is 16.2 Å². The Balaban J connectivity index is 2.55. The summed E-state index contributed by atoms with van der Waals surface area (Å²) >= 11 is 1.54. The van der Waals surface area contributed by atoms with Gasteiger partial charge in [0.15, 0.2) is 0 Å². The number of rotatable bonds is 6. The lowest BCUT2D eigenvalue weighted by Crippen LogP contribution is -2.23. The zero-order valence-corrected chi connectivity index (χ0v) is 11.6. The Bertz CT molecular complexity index is 410. The van der Waals surface area contributed by atoms with Crippen molar-refractivity contribution in [3.63, 3.8) is 0 Å². The highest BCUT2D eigenvalue weighted by Gasteiger charge is 2.14. The van der Waals surface area contributed by atoms with Gasteiger partial charge in [0, 0.05) is 18.0 Å². The molecule has 100 valence electrons. The highest BCUT2D eigenvalue weighted by molar-refractivity contribution is 8.00. The number of nitrogens with one attached hydrogen (secondary N) is 1. The van der Waals surface area contributed by atoms with E-state index in [2.05, 4.69) is 5.32 Å². The lowest BCUT2D eigenvalue weighted by Gasteiger charge is -2.13. The Morgan fingerprint density at radius 2 is 2.28 bits per heavy atom. The van der Waals surface area contributed by atoms with Gasteiger partial charge in [-0.25, -0.2) is 0 Å². The minimum absolute atomic E-state index is 0.0355. The molecule has 1 amide bonds. The van der Waals surface area contributed by atoms with Crippen LogP contribution in [-0.4, -0.2) is 28.6 Å². The van der Waals surface area contributed by atoms with Crippen LogP contribution in [0.2, 0.25) is 0 Å². The minimum atomic E-state index is -0.141. The number of aliphatic hydroxyl groups excluding tert-OH is 1. The number of carbonyl (C=O) groups is 1. The molecule has 4 nitrogen and oxygen atoms in total. The van der Waals surface area contributed by atoms with Crippen LogP contribution in [0, 0.1) is 6.92 Å². The average Bonchev–Trinajstić information content (AvgIpc) is 2.34. The van der Waals surface area contributed by atoms with Crippen molar-refractivity contribution < 1.29 is 9.90 Å². The predicted octanol–water partition coefficient (Wildman–Crippen LogP) is 2.02. The molecule has 0 aliphatic heterocycles. The molecule has 0 saturated carbocycles. The first-order chi connectivity index (χ1) is 8.54. The zero-order chi connectivity index (χ0) is 13.5. The molecule has 18 heavy (non-hydrogen) atoms. The van der Waals surface area contributed by atoms with Crippen LogP contribution in [0.5, 0.6) is 0 Å². The van der Waals surface area contributed by atoms with Gasteiger partial charge in [0.2, 0.25) is 5.91 Å². The van der Waals surface area contributed by atoms with Gasteiger partial charge in [0.05, 0.1) is 5.25 Å². The molecule has 0 bridgehead atoms. The van der Waals surface area contributed by atoms with E-state index < -0.39 is 0 Å². The molecule has 0 saturated heterocycles. The van der Waals surface area contributed by atoms with E-state index in [0.717, 1.165) is 17.0 Å². The van der Waals surface area contributed by atoms with Crippen LogP contribution in [0.4, 0.5) is 11.4 Å². The summed E-state index contributed by atoms with van der Waals surface area (Å²) in [6.07, 6.45) is 0.708. The van der Waals surface area contributed by atoms with E-state index in [-0.39, 0.29) is 17.8 Å². The average molecular weight is 268 g/mol. The molecule has 0 radical (unpaired) electrons. The molecular weight excluding hydrogens is 248 g/mol. The Labute approximate surface area is 112 Å². The molecule has 1 unspecified atom stereocenters. The monoisotopic (exact) mass is 268 g/mol. The molecule has 1 aromatic rings. The largest absolute Gasteiger partial charge is 0.399 e. The second-order valence-corrected chi connectivity index (χ2v) is 5.60. The lowest BCUT2D eigenvalue weighted by molar-refractivity contribution is -0.115. The third-order valence-corrected chi connectivity index (χ3v) is 3.80. The zero-order valence-electron chi connectivity index (χ0n) is 10.8. The van der Waals surface area contributed by atoms with E-state index >= 15 is 0 Å². The van der Waals surface area contributed by atoms with Gasteiger partial charge in [-0.15, -0.1) is 11.8 Å². The molecule has 0 aliphatic carbocycles. The van der Waals surface area contributed by atoms with Crippen molar-refractivity contribution >= 4 is 29.0 Å². The van der Waals surface area contributed by atoms with Crippen molar-refractivity contribution in [1.82, 2.24) is 0 Å². The molecule has 1 atom stereocenters. The lowest BCUT2D eigenvalue weighted by atomic mass is 10.2. The number of carbonyl (C=O) groups excluding carboxylic acids is 1. The first kappa shape index (κ1) is 14.9. The number of anilines is 2. The summed E-state index contributed by atoms with van der Waals surface area (Å²) in [5.74, 6) is 0.743. The SMILES string of the molecule is Cc1ccc(N)cc1NC(=O)C(C)SCCCO. The standard InChI is InChI=1S/C13H20N2O2S/c1-9-4-5-11(14)8-12(9)15-13(17)10(2)18-7-3-6-16/h4-5,8,10,16H,3,6-7,14H2,1-2H3,(H,15,17). The molecule has 0 heterocycles. The van der Waals surface area contributed by atoms with Crippen molar-refractivity contribution in [3.8, 4) is 0 Å². The first-order valence-corrected chi connectivity index (χ1v) is 6.99. The van der Waals surface area contributed by atoms with Gasteiger partial charge in [0.25, 0.3) is 0 Å². The third-order valence-electron chi connectivity index (χ3n) is 2.56. The molecule has 5 heteroatoms. The van der Waals surface area contributed by atoms with Crippen molar-refractivity contribution in [2.24, 2.45) is 0 Å². The van der Waals surface area contributed by atoms with Crippen LogP contribution in [-0.2, 0) is 4.79 Å². The Morgan fingerprint density at radius 3 is 2.94 bits per heavy atom. The topological polar surface area (TPSA) is 75.3 Å². The molecular formula is C13H20N2O2S. The fourth-order valence-corrected chi connectivity index (χ4v) is 2.27. The number of aryl methyl sites for hydroxylation is 1. The van der Waals surface area contributed by atoms with E-state index in [0.29, 0.717) is 12.1 Å². The van der Waals surface area contributed by atoms with E-state index in [9.17, 15) is 4.79 Å². The Hall–Kier alpha value is -1.20. The van der Waals surface area contributed by atoms with E-state index in [1.54, 1.807) is 6.07 Å². The minimum Gasteiger partial charge on any atom is -0.399 e. The van der Waals surface area contributed by atoms with E-state index in [1.807, 2.05) is 26.0 Å². The number of aliphatic hydroxyl groups is 1. The molecule has 0 aromatic heterocycles.